The maximum absolute atomic E-state index is 11.9. The predicted molar refractivity (Wildman–Crippen MR) is 66.9 cm³/mol. The van der Waals surface area contributed by atoms with E-state index in [0.717, 1.165) is 6.20 Å². The Kier molecular flexibility index (Phi) is 3.01. The average Bonchev–Trinajstić information content (AvgIpc) is 3.06. The van der Waals surface area contributed by atoms with Crippen molar-refractivity contribution in [1.29, 1.82) is 0 Å². The topological polar surface area (TPSA) is 102 Å². The van der Waals surface area contributed by atoms with Crippen LogP contribution in [0.3, 0.4) is 0 Å². The third kappa shape index (κ3) is 2.42. The van der Waals surface area contributed by atoms with Gasteiger partial charge in [0.2, 0.25) is 5.91 Å². The molecule has 1 amide bonds. The molecule has 0 bridgehead atoms. The number of amides is 1. The van der Waals surface area contributed by atoms with Crippen LogP contribution in [0.1, 0.15) is 18.1 Å². The second kappa shape index (κ2) is 4.71. The molecule has 0 saturated heterocycles. The summed E-state index contributed by atoms with van der Waals surface area (Å²) in [7, 11) is -3.96. The molecule has 0 spiro atoms. The summed E-state index contributed by atoms with van der Waals surface area (Å²) < 4.78 is 31.0. The van der Waals surface area contributed by atoms with Gasteiger partial charge in [-0.05, 0) is 18.6 Å². The Morgan fingerprint density at radius 2 is 2.25 bits per heavy atom. The number of hydrogen-bond donors (Lipinski definition) is 1. The molecule has 3 rings (SSSR count). The summed E-state index contributed by atoms with van der Waals surface area (Å²) in [5.74, 6) is -0.284. The van der Waals surface area contributed by atoms with Gasteiger partial charge in [-0.1, -0.05) is 0 Å². The number of furan rings is 1. The third-order valence-electron chi connectivity index (χ3n) is 3.09. The van der Waals surface area contributed by atoms with Crippen LogP contribution in [0.25, 0.3) is 0 Å². The Morgan fingerprint density at radius 3 is 2.90 bits per heavy atom. The van der Waals surface area contributed by atoms with Gasteiger partial charge in [-0.3, -0.25) is 9.78 Å². The average molecular weight is 293 g/mol. The molecule has 20 heavy (non-hydrogen) atoms. The summed E-state index contributed by atoms with van der Waals surface area (Å²) in [5.41, 5.74) is 0. The zero-order valence-corrected chi connectivity index (χ0v) is 11.1. The smallest absolute Gasteiger partial charge is 0.283 e. The molecule has 2 aromatic heterocycles. The normalized spacial score (nSPS) is 21.4. The minimum absolute atomic E-state index is 0.0537. The highest BCUT2D eigenvalue weighted by Gasteiger charge is 2.47. The van der Waals surface area contributed by atoms with E-state index in [-0.39, 0.29) is 16.9 Å². The fraction of sp³-hybridized carbons (Fsp3) is 0.250. The number of aromatic nitrogens is 2. The number of hydrogen-bond acceptors (Lipinski definition) is 6. The highest BCUT2D eigenvalue weighted by molar-refractivity contribution is 7.90. The van der Waals surface area contributed by atoms with Crippen molar-refractivity contribution in [2.24, 2.45) is 5.92 Å². The molecule has 1 aliphatic carbocycles. The van der Waals surface area contributed by atoms with Gasteiger partial charge in [0, 0.05) is 24.2 Å². The van der Waals surface area contributed by atoms with Crippen LogP contribution in [-0.2, 0) is 14.8 Å². The Balaban J connectivity index is 1.69. The van der Waals surface area contributed by atoms with E-state index in [2.05, 4.69) is 9.97 Å². The minimum atomic E-state index is -3.96. The molecule has 8 heteroatoms. The van der Waals surface area contributed by atoms with Crippen molar-refractivity contribution in [3.05, 3.63) is 42.7 Å². The van der Waals surface area contributed by atoms with E-state index in [1.54, 1.807) is 12.1 Å². The number of carbonyl (C=O) groups excluding carboxylic acids is 1. The lowest BCUT2D eigenvalue weighted by atomic mass is 10.2. The van der Waals surface area contributed by atoms with Crippen molar-refractivity contribution < 1.29 is 17.6 Å². The number of carbonyl (C=O) groups is 1. The fourth-order valence-corrected chi connectivity index (χ4v) is 2.91. The summed E-state index contributed by atoms with van der Waals surface area (Å²) in [5, 5.41) is -0.274. The first kappa shape index (κ1) is 12.8. The van der Waals surface area contributed by atoms with Crippen molar-refractivity contribution in [3.8, 4) is 0 Å². The van der Waals surface area contributed by atoms with Crippen molar-refractivity contribution >= 4 is 15.9 Å². The van der Waals surface area contributed by atoms with Gasteiger partial charge in [0.25, 0.3) is 10.0 Å². The molecule has 7 nitrogen and oxygen atoms in total. The highest BCUT2D eigenvalue weighted by Crippen LogP contribution is 2.47. The van der Waals surface area contributed by atoms with Gasteiger partial charge >= 0.3 is 0 Å². The molecular weight excluding hydrogens is 282 g/mol. The zero-order valence-electron chi connectivity index (χ0n) is 10.3. The molecule has 104 valence electrons. The van der Waals surface area contributed by atoms with Crippen molar-refractivity contribution in [2.75, 3.05) is 0 Å². The molecule has 2 aromatic rings. The molecular formula is C12H11N3O4S. The molecule has 1 aliphatic rings. The van der Waals surface area contributed by atoms with Gasteiger partial charge in [0.15, 0.2) is 5.03 Å². The van der Waals surface area contributed by atoms with E-state index >= 15 is 0 Å². The van der Waals surface area contributed by atoms with E-state index < -0.39 is 15.9 Å². The predicted octanol–water partition coefficient (Wildman–Crippen LogP) is 0.678. The minimum Gasteiger partial charge on any atom is -0.469 e. The maximum Gasteiger partial charge on any atom is 0.283 e. The van der Waals surface area contributed by atoms with Gasteiger partial charge in [0.05, 0.1) is 12.5 Å². The highest BCUT2D eigenvalue weighted by atomic mass is 32.2. The molecule has 0 radical (unpaired) electrons. The van der Waals surface area contributed by atoms with E-state index in [9.17, 15) is 13.2 Å². The molecule has 0 aliphatic heterocycles. The standard InChI is InChI=1S/C12H11N3O4S/c16-12(9-6-8(9)10-2-1-5-19-10)15-20(17,18)11-7-13-3-4-14-11/h1-5,7-9H,6H2,(H,15,16)/t8-,9-/m1/s1. The fourth-order valence-electron chi connectivity index (χ4n) is 1.99. The first-order valence-corrected chi connectivity index (χ1v) is 7.42. The second-order valence-electron chi connectivity index (χ2n) is 4.48. The lowest BCUT2D eigenvalue weighted by molar-refractivity contribution is -0.120. The summed E-state index contributed by atoms with van der Waals surface area (Å²) in [6.45, 7) is 0. The molecule has 0 unspecified atom stereocenters. The monoisotopic (exact) mass is 293 g/mol. The lowest BCUT2D eigenvalue weighted by Crippen LogP contribution is -2.32. The van der Waals surface area contributed by atoms with Crippen LogP contribution < -0.4 is 4.72 Å². The van der Waals surface area contributed by atoms with Crippen molar-refractivity contribution in [3.63, 3.8) is 0 Å². The van der Waals surface area contributed by atoms with Crippen molar-refractivity contribution in [2.45, 2.75) is 17.4 Å². The summed E-state index contributed by atoms with van der Waals surface area (Å²) in [6, 6.07) is 3.51. The van der Waals surface area contributed by atoms with Crippen LogP contribution >= 0.6 is 0 Å². The van der Waals surface area contributed by atoms with Gasteiger partial charge in [0.1, 0.15) is 5.76 Å². The number of nitrogens with one attached hydrogen (secondary N) is 1. The SMILES string of the molecule is O=C(NS(=O)(=O)c1cnccn1)[C@@H]1C[C@H]1c1ccco1. The lowest BCUT2D eigenvalue weighted by Gasteiger charge is -2.04. The molecule has 1 saturated carbocycles. The van der Waals surface area contributed by atoms with Crippen LogP contribution in [0.5, 0.6) is 0 Å². The molecule has 1 N–H and O–H groups in total. The summed E-state index contributed by atoms with van der Waals surface area (Å²) >= 11 is 0. The largest absolute Gasteiger partial charge is 0.469 e. The van der Waals surface area contributed by atoms with Gasteiger partial charge in [-0.25, -0.2) is 9.71 Å². The van der Waals surface area contributed by atoms with Crippen LogP contribution in [-0.4, -0.2) is 24.3 Å². The molecule has 1 fully saturated rings. The van der Waals surface area contributed by atoms with E-state index in [1.165, 1.54) is 18.7 Å². The first-order valence-electron chi connectivity index (χ1n) is 5.94. The third-order valence-corrected chi connectivity index (χ3v) is 4.32. The summed E-state index contributed by atoms with van der Waals surface area (Å²) in [6.07, 6.45) is 5.80. The molecule has 0 aromatic carbocycles. The Hall–Kier alpha value is -2.22. The van der Waals surface area contributed by atoms with Crippen molar-refractivity contribution in [1.82, 2.24) is 14.7 Å². The molecule has 2 atom stereocenters. The van der Waals surface area contributed by atoms with Crippen LogP contribution in [0.2, 0.25) is 0 Å². The maximum atomic E-state index is 11.9. The summed E-state index contributed by atoms with van der Waals surface area (Å²) in [4.78, 5) is 19.3. The Labute approximate surface area is 115 Å². The number of nitrogens with zero attached hydrogens (tertiary/aromatic N) is 2. The van der Waals surface area contributed by atoms with E-state index in [0.29, 0.717) is 12.2 Å². The Morgan fingerprint density at radius 1 is 1.40 bits per heavy atom. The van der Waals surface area contributed by atoms with E-state index in [1.807, 2.05) is 4.72 Å². The zero-order chi connectivity index (χ0) is 14.2. The molecule has 2 heterocycles. The van der Waals surface area contributed by atoms with Crippen LogP contribution in [0.4, 0.5) is 0 Å². The first-order chi connectivity index (χ1) is 9.58. The van der Waals surface area contributed by atoms with Crippen LogP contribution in [0, 0.1) is 5.92 Å². The van der Waals surface area contributed by atoms with Gasteiger partial charge < -0.3 is 4.42 Å². The second-order valence-corrected chi connectivity index (χ2v) is 6.11. The number of rotatable bonds is 4. The quantitative estimate of drug-likeness (QED) is 0.889. The van der Waals surface area contributed by atoms with Crippen LogP contribution in [0.15, 0.2) is 46.4 Å². The Bertz CT molecular complexity index is 712. The van der Waals surface area contributed by atoms with Gasteiger partial charge in [-0.2, -0.15) is 8.42 Å². The van der Waals surface area contributed by atoms with E-state index in [4.69, 9.17) is 4.42 Å². The van der Waals surface area contributed by atoms with Gasteiger partial charge in [-0.15, -0.1) is 0 Å². The number of sulfonamides is 1.